The molecule has 3 rings (SSSR count). The number of carbonyl (C=O) groups excluding carboxylic acids is 1. The molecule has 1 fully saturated rings. The van der Waals surface area contributed by atoms with Crippen molar-refractivity contribution in [2.24, 2.45) is 0 Å². The maximum absolute atomic E-state index is 12.2. The zero-order chi connectivity index (χ0) is 19.8. The van der Waals surface area contributed by atoms with Crippen molar-refractivity contribution in [2.75, 3.05) is 47.6 Å². The normalized spacial score (nSPS) is 15.3. The minimum atomic E-state index is 0.00842. The number of aromatic nitrogens is 2. The van der Waals surface area contributed by atoms with E-state index in [1.54, 1.807) is 11.8 Å². The van der Waals surface area contributed by atoms with Crippen LogP contribution in [0.25, 0.3) is 0 Å². The molecule has 0 spiro atoms. The van der Waals surface area contributed by atoms with Crippen LogP contribution in [-0.4, -0.2) is 54.2 Å². The summed E-state index contributed by atoms with van der Waals surface area (Å²) >= 11 is 3.09. The second-order valence-corrected chi connectivity index (χ2v) is 8.94. The quantitative estimate of drug-likeness (QED) is 0.598. The van der Waals surface area contributed by atoms with E-state index in [4.69, 9.17) is 4.74 Å². The summed E-state index contributed by atoms with van der Waals surface area (Å²) in [4.78, 5) is 14.5. The van der Waals surface area contributed by atoms with Crippen LogP contribution >= 0.6 is 23.1 Å². The van der Waals surface area contributed by atoms with E-state index in [-0.39, 0.29) is 5.91 Å². The molecule has 9 heteroatoms. The number of nitrogens with one attached hydrogen (secondary N) is 2. The fourth-order valence-electron chi connectivity index (χ4n) is 2.67. The lowest BCUT2D eigenvalue weighted by Gasteiger charge is -2.28. The van der Waals surface area contributed by atoms with Crippen LogP contribution in [0.4, 0.5) is 16.5 Å². The number of benzene rings is 1. The second kappa shape index (κ2) is 10.6. The highest BCUT2D eigenvalue weighted by Crippen LogP contribution is 2.26. The first-order valence-electron chi connectivity index (χ1n) is 9.59. The Kier molecular flexibility index (Phi) is 7.93. The predicted octanol–water partition coefficient (Wildman–Crippen LogP) is 3.71. The first-order chi connectivity index (χ1) is 13.6. The third kappa shape index (κ3) is 6.35. The van der Waals surface area contributed by atoms with Crippen LogP contribution in [0.2, 0.25) is 0 Å². The molecule has 1 aromatic carbocycles. The molecule has 1 aliphatic rings. The summed E-state index contributed by atoms with van der Waals surface area (Å²) in [7, 11) is 0. The van der Waals surface area contributed by atoms with Crippen LogP contribution in [0.1, 0.15) is 26.7 Å². The molecule has 0 bridgehead atoms. The van der Waals surface area contributed by atoms with E-state index in [2.05, 4.69) is 39.6 Å². The Morgan fingerprint density at radius 3 is 2.75 bits per heavy atom. The molecule has 0 radical (unpaired) electrons. The molecule has 2 heterocycles. The largest absolute Gasteiger partial charge is 0.378 e. The molecular weight excluding hydrogens is 394 g/mol. The fourth-order valence-corrected chi connectivity index (χ4v) is 4.54. The van der Waals surface area contributed by atoms with Crippen LogP contribution in [0.5, 0.6) is 0 Å². The number of ether oxygens (including phenoxy) is 1. The summed E-state index contributed by atoms with van der Waals surface area (Å²) in [5.74, 6) is 0.685. The zero-order valence-corrected chi connectivity index (χ0v) is 17.9. The number of thioether (sulfide) groups is 1. The smallest absolute Gasteiger partial charge is 0.225 e. The van der Waals surface area contributed by atoms with Gasteiger partial charge in [-0.2, -0.15) is 0 Å². The summed E-state index contributed by atoms with van der Waals surface area (Å²) in [6.07, 6.45) is 1.47. The molecule has 28 heavy (non-hydrogen) atoms. The van der Waals surface area contributed by atoms with Crippen molar-refractivity contribution >= 4 is 45.5 Å². The fraction of sp³-hybridized carbons (Fsp3) is 0.526. The topological polar surface area (TPSA) is 79.4 Å². The summed E-state index contributed by atoms with van der Waals surface area (Å²) in [5.41, 5.74) is 1.98. The Morgan fingerprint density at radius 1 is 1.29 bits per heavy atom. The van der Waals surface area contributed by atoms with Crippen molar-refractivity contribution in [3.8, 4) is 0 Å². The number of carbonyl (C=O) groups is 1. The van der Waals surface area contributed by atoms with Crippen LogP contribution < -0.4 is 15.5 Å². The second-order valence-electron chi connectivity index (χ2n) is 6.62. The number of nitrogens with zero attached hydrogens (tertiary/aromatic N) is 3. The number of rotatable bonds is 9. The highest BCUT2D eigenvalue weighted by Gasteiger charge is 2.12. The summed E-state index contributed by atoms with van der Waals surface area (Å²) in [5, 5.41) is 15.4. The predicted molar refractivity (Wildman–Crippen MR) is 117 cm³/mol. The van der Waals surface area contributed by atoms with Gasteiger partial charge in [-0.3, -0.25) is 4.79 Å². The zero-order valence-electron chi connectivity index (χ0n) is 16.3. The van der Waals surface area contributed by atoms with Gasteiger partial charge in [0.15, 0.2) is 4.34 Å². The van der Waals surface area contributed by atoms with Crippen LogP contribution in [0.3, 0.4) is 0 Å². The van der Waals surface area contributed by atoms with E-state index in [0.717, 1.165) is 53.6 Å². The van der Waals surface area contributed by atoms with Gasteiger partial charge in [0.25, 0.3) is 0 Å². The molecule has 1 aliphatic heterocycles. The molecule has 0 saturated carbocycles. The Morgan fingerprint density at radius 2 is 2.04 bits per heavy atom. The first-order valence-corrected chi connectivity index (χ1v) is 11.4. The van der Waals surface area contributed by atoms with Gasteiger partial charge >= 0.3 is 0 Å². The van der Waals surface area contributed by atoms with E-state index >= 15 is 0 Å². The van der Waals surface area contributed by atoms with E-state index < -0.39 is 0 Å². The lowest BCUT2D eigenvalue weighted by atomic mass is 10.2. The average Bonchev–Trinajstić information content (AvgIpc) is 3.16. The molecule has 1 aromatic heterocycles. The maximum atomic E-state index is 12.2. The van der Waals surface area contributed by atoms with Gasteiger partial charge in [-0.15, -0.1) is 10.2 Å². The molecule has 1 amide bonds. The summed E-state index contributed by atoms with van der Waals surface area (Å²) in [6, 6.07) is 8.37. The Bertz CT molecular complexity index is 747. The van der Waals surface area contributed by atoms with Gasteiger partial charge < -0.3 is 20.3 Å². The molecule has 152 valence electrons. The Hall–Kier alpha value is -1.84. The van der Waals surface area contributed by atoms with Gasteiger partial charge in [0.2, 0.25) is 11.0 Å². The Labute approximate surface area is 174 Å². The van der Waals surface area contributed by atoms with Crippen LogP contribution in [0.15, 0.2) is 28.6 Å². The SMILES string of the molecule is CC[C@@H](C)Nc1nnc(SCCC(=O)Nc2ccc(N3CCOCC3)cc2)s1. The molecule has 0 unspecified atom stereocenters. The number of amides is 1. The molecule has 0 aliphatic carbocycles. The van der Waals surface area contributed by atoms with Gasteiger partial charge in [-0.25, -0.2) is 0 Å². The van der Waals surface area contributed by atoms with Gasteiger partial charge in [-0.05, 0) is 37.6 Å². The van der Waals surface area contributed by atoms with Gasteiger partial charge in [0, 0.05) is 42.7 Å². The van der Waals surface area contributed by atoms with E-state index in [0.29, 0.717) is 18.2 Å². The third-order valence-electron chi connectivity index (χ3n) is 4.47. The molecule has 1 saturated heterocycles. The van der Waals surface area contributed by atoms with Gasteiger partial charge in [0.1, 0.15) is 0 Å². The third-order valence-corrected chi connectivity index (χ3v) is 6.46. The Balaban J connectivity index is 1.39. The number of hydrogen-bond donors (Lipinski definition) is 2. The number of anilines is 3. The van der Waals surface area contributed by atoms with Crippen molar-refractivity contribution < 1.29 is 9.53 Å². The lowest BCUT2D eigenvalue weighted by Crippen LogP contribution is -2.36. The summed E-state index contributed by atoms with van der Waals surface area (Å²) < 4.78 is 6.26. The minimum Gasteiger partial charge on any atom is -0.378 e. The highest BCUT2D eigenvalue weighted by atomic mass is 32.2. The molecular formula is C19H27N5O2S2. The van der Waals surface area contributed by atoms with Gasteiger partial charge in [-0.1, -0.05) is 30.0 Å². The van der Waals surface area contributed by atoms with E-state index in [9.17, 15) is 4.79 Å². The van der Waals surface area contributed by atoms with E-state index in [1.807, 2.05) is 24.3 Å². The van der Waals surface area contributed by atoms with Crippen molar-refractivity contribution in [2.45, 2.75) is 37.1 Å². The van der Waals surface area contributed by atoms with Crippen LogP contribution in [0, 0.1) is 0 Å². The average molecular weight is 422 g/mol. The van der Waals surface area contributed by atoms with Crippen molar-refractivity contribution in [1.82, 2.24) is 10.2 Å². The molecule has 7 nitrogen and oxygen atoms in total. The van der Waals surface area contributed by atoms with Crippen molar-refractivity contribution in [3.05, 3.63) is 24.3 Å². The standard InChI is InChI=1S/C19H27N5O2S2/c1-3-14(2)20-18-22-23-19(28-18)27-13-8-17(25)21-15-4-6-16(7-5-15)24-9-11-26-12-10-24/h4-7,14H,3,8-13H2,1-2H3,(H,20,22)(H,21,25)/t14-/m1/s1. The number of hydrogen-bond acceptors (Lipinski definition) is 8. The van der Waals surface area contributed by atoms with Crippen molar-refractivity contribution in [3.63, 3.8) is 0 Å². The maximum Gasteiger partial charge on any atom is 0.225 e. The van der Waals surface area contributed by atoms with Crippen LogP contribution in [-0.2, 0) is 9.53 Å². The lowest BCUT2D eigenvalue weighted by molar-refractivity contribution is -0.115. The number of morpholine rings is 1. The monoisotopic (exact) mass is 421 g/mol. The summed E-state index contributed by atoms with van der Waals surface area (Å²) in [6.45, 7) is 7.58. The highest BCUT2D eigenvalue weighted by molar-refractivity contribution is 8.01. The molecule has 1 atom stereocenters. The molecule has 2 N–H and O–H groups in total. The minimum absolute atomic E-state index is 0.00842. The van der Waals surface area contributed by atoms with Crippen molar-refractivity contribution in [1.29, 1.82) is 0 Å². The van der Waals surface area contributed by atoms with Gasteiger partial charge in [0.05, 0.1) is 13.2 Å². The molecule has 2 aromatic rings. The van der Waals surface area contributed by atoms with E-state index in [1.165, 1.54) is 11.3 Å². The first kappa shape index (κ1) is 20.9.